The van der Waals surface area contributed by atoms with Gasteiger partial charge in [-0.2, -0.15) is 0 Å². The Morgan fingerprint density at radius 1 is 0.897 bits per heavy atom. The molecule has 6 nitrogen and oxygen atoms in total. The molecule has 2 aromatic carbocycles. The molecule has 0 fully saturated rings. The SMILES string of the molecule is CC(C)OP(=O)(OC(C)C)c1ccc(NC(=O)c2ccccn2)c2ccccc12. The van der Waals surface area contributed by atoms with Crippen LogP contribution < -0.4 is 10.6 Å². The lowest BCUT2D eigenvalue weighted by atomic mass is 10.1. The number of pyridine rings is 1. The van der Waals surface area contributed by atoms with Crippen molar-refractivity contribution in [3.05, 3.63) is 66.5 Å². The van der Waals surface area contributed by atoms with Crippen LogP contribution in [0.4, 0.5) is 5.69 Å². The highest BCUT2D eigenvalue weighted by Gasteiger charge is 2.32. The van der Waals surface area contributed by atoms with E-state index in [2.05, 4.69) is 10.3 Å². The first-order valence-corrected chi connectivity index (χ1v) is 11.1. The van der Waals surface area contributed by atoms with Crippen molar-refractivity contribution in [2.75, 3.05) is 5.32 Å². The summed E-state index contributed by atoms with van der Waals surface area (Å²) in [6, 6.07) is 16.0. The predicted octanol–water partition coefficient (Wildman–Crippen LogP) is 5.16. The first-order chi connectivity index (χ1) is 13.8. The quantitative estimate of drug-likeness (QED) is 0.543. The van der Waals surface area contributed by atoms with E-state index in [1.165, 1.54) is 0 Å². The van der Waals surface area contributed by atoms with Gasteiger partial charge in [0.05, 0.1) is 17.5 Å². The molecule has 3 rings (SSSR count). The standard InChI is InChI=1S/C22H25N2O4P/c1-15(2)27-29(26,28-16(3)4)21-13-12-19(17-9-5-6-10-18(17)21)24-22(25)20-11-7-8-14-23-20/h5-16H,1-4H3,(H,24,25). The third-order valence-electron chi connectivity index (χ3n) is 4.04. The molecule has 0 saturated carbocycles. The maximum absolute atomic E-state index is 13.7. The van der Waals surface area contributed by atoms with Crippen molar-refractivity contribution in [1.82, 2.24) is 4.98 Å². The molecule has 0 radical (unpaired) electrons. The highest BCUT2D eigenvalue weighted by Crippen LogP contribution is 2.51. The van der Waals surface area contributed by atoms with Gasteiger partial charge in [-0.15, -0.1) is 0 Å². The fourth-order valence-corrected chi connectivity index (χ4v) is 5.14. The van der Waals surface area contributed by atoms with E-state index >= 15 is 0 Å². The number of anilines is 1. The highest BCUT2D eigenvalue weighted by molar-refractivity contribution is 7.62. The number of hydrogen-bond acceptors (Lipinski definition) is 5. The van der Waals surface area contributed by atoms with Crippen molar-refractivity contribution >= 4 is 35.3 Å². The van der Waals surface area contributed by atoms with Crippen molar-refractivity contribution in [3.8, 4) is 0 Å². The zero-order chi connectivity index (χ0) is 21.0. The van der Waals surface area contributed by atoms with E-state index in [1.807, 2.05) is 52.0 Å². The van der Waals surface area contributed by atoms with Crippen molar-refractivity contribution in [1.29, 1.82) is 0 Å². The normalized spacial score (nSPS) is 11.9. The van der Waals surface area contributed by atoms with Gasteiger partial charge in [0.15, 0.2) is 0 Å². The maximum atomic E-state index is 13.7. The molecule has 0 saturated heterocycles. The van der Waals surface area contributed by atoms with E-state index in [0.29, 0.717) is 22.1 Å². The molecule has 3 aromatic rings. The molecule has 0 bridgehead atoms. The summed E-state index contributed by atoms with van der Waals surface area (Å²) in [4.78, 5) is 16.6. The van der Waals surface area contributed by atoms with Gasteiger partial charge in [-0.25, -0.2) is 0 Å². The summed E-state index contributed by atoms with van der Waals surface area (Å²) < 4.78 is 25.2. The minimum atomic E-state index is -3.57. The van der Waals surface area contributed by atoms with Gasteiger partial charge in [-0.3, -0.25) is 14.3 Å². The Kier molecular flexibility index (Phi) is 6.48. The van der Waals surface area contributed by atoms with E-state index in [1.54, 1.807) is 36.5 Å². The summed E-state index contributed by atoms with van der Waals surface area (Å²) in [6.45, 7) is 7.28. The molecule has 0 aliphatic rings. The molecule has 152 valence electrons. The zero-order valence-electron chi connectivity index (χ0n) is 17.0. The molecule has 0 unspecified atom stereocenters. The molecular formula is C22H25N2O4P. The smallest absolute Gasteiger partial charge is 0.320 e. The second-order valence-corrected chi connectivity index (χ2v) is 9.05. The average Bonchev–Trinajstić information content (AvgIpc) is 2.67. The van der Waals surface area contributed by atoms with E-state index in [9.17, 15) is 9.36 Å². The van der Waals surface area contributed by atoms with Crippen LogP contribution >= 0.6 is 7.60 Å². The van der Waals surface area contributed by atoms with Gasteiger partial charge in [-0.05, 0) is 57.3 Å². The average molecular weight is 412 g/mol. The first kappa shape index (κ1) is 21.2. The Morgan fingerprint density at radius 3 is 2.10 bits per heavy atom. The number of hydrogen-bond donors (Lipinski definition) is 1. The summed E-state index contributed by atoms with van der Waals surface area (Å²) in [7, 11) is -3.57. The number of carbonyl (C=O) groups excluding carboxylic acids is 1. The fraction of sp³-hybridized carbons (Fsp3) is 0.273. The van der Waals surface area contributed by atoms with Gasteiger partial charge >= 0.3 is 7.60 Å². The van der Waals surface area contributed by atoms with E-state index in [-0.39, 0.29) is 18.1 Å². The Bertz CT molecular complexity index is 1040. The fourth-order valence-electron chi connectivity index (χ4n) is 3.01. The van der Waals surface area contributed by atoms with Crippen LogP contribution in [0.5, 0.6) is 0 Å². The summed E-state index contributed by atoms with van der Waals surface area (Å²) >= 11 is 0. The molecule has 1 aromatic heterocycles. The molecule has 1 amide bonds. The van der Waals surface area contributed by atoms with Gasteiger partial charge in [0.1, 0.15) is 5.69 Å². The van der Waals surface area contributed by atoms with Gasteiger partial charge in [-0.1, -0.05) is 30.3 Å². The van der Waals surface area contributed by atoms with Crippen LogP contribution in [-0.2, 0) is 13.6 Å². The van der Waals surface area contributed by atoms with E-state index in [4.69, 9.17) is 9.05 Å². The largest absolute Gasteiger partial charge is 0.362 e. The Morgan fingerprint density at radius 2 is 1.52 bits per heavy atom. The zero-order valence-corrected chi connectivity index (χ0v) is 17.9. The maximum Gasteiger partial charge on any atom is 0.362 e. The van der Waals surface area contributed by atoms with Crippen molar-refractivity contribution in [2.24, 2.45) is 0 Å². The summed E-state index contributed by atoms with van der Waals surface area (Å²) in [5.74, 6) is -0.316. The lowest BCUT2D eigenvalue weighted by Crippen LogP contribution is -2.19. The summed E-state index contributed by atoms with van der Waals surface area (Å²) in [6.07, 6.45) is 1.02. The summed E-state index contributed by atoms with van der Waals surface area (Å²) in [5.41, 5.74) is 0.915. The summed E-state index contributed by atoms with van der Waals surface area (Å²) in [5, 5.41) is 4.82. The van der Waals surface area contributed by atoms with E-state index < -0.39 is 7.60 Å². The predicted molar refractivity (Wildman–Crippen MR) is 116 cm³/mol. The number of nitrogens with one attached hydrogen (secondary N) is 1. The monoisotopic (exact) mass is 412 g/mol. The number of nitrogens with zero attached hydrogens (tertiary/aromatic N) is 1. The van der Waals surface area contributed by atoms with E-state index in [0.717, 1.165) is 5.39 Å². The van der Waals surface area contributed by atoms with Gasteiger partial charge < -0.3 is 14.4 Å². The van der Waals surface area contributed by atoms with Crippen molar-refractivity contribution in [2.45, 2.75) is 39.9 Å². The minimum Gasteiger partial charge on any atom is -0.320 e. The molecule has 0 aliphatic heterocycles. The third-order valence-corrected chi connectivity index (χ3v) is 6.42. The van der Waals surface area contributed by atoms with Crippen LogP contribution in [0.1, 0.15) is 38.2 Å². The van der Waals surface area contributed by atoms with Crippen LogP contribution in [0.25, 0.3) is 10.8 Å². The van der Waals surface area contributed by atoms with Crippen LogP contribution in [0.15, 0.2) is 60.8 Å². The highest BCUT2D eigenvalue weighted by atomic mass is 31.2. The molecular weight excluding hydrogens is 387 g/mol. The second kappa shape index (κ2) is 8.87. The number of fused-ring (bicyclic) bond motifs is 1. The topological polar surface area (TPSA) is 77.5 Å². The minimum absolute atomic E-state index is 0.276. The molecule has 0 spiro atoms. The Balaban J connectivity index is 2.07. The first-order valence-electron chi connectivity index (χ1n) is 9.51. The Hall–Kier alpha value is -2.53. The number of amides is 1. The van der Waals surface area contributed by atoms with Gasteiger partial charge in [0.2, 0.25) is 0 Å². The van der Waals surface area contributed by atoms with Gasteiger partial charge in [0.25, 0.3) is 5.91 Å². The van der Waals surface area contributed by atoms with Crippen molar-refractivity contribution < 1.29 is 18.4 Å². The third kappa shape index (κ3) is 4.91. The number of aromatic nitrogens is 1. The van der Waals surface area contributed by atoms with Crippen LogP contribution in [0, 0.1) is 0 Å². The number of carbonyl (C=O) groups is 1. The van der Waals surface area contributed by atoms with Gasteiger partial charge in [0, 0.05) is 17.3 Å². The van der Waals surface area contributed by atoms with Crippen molar-refractivity contribution in [3.63, 3.8) is 0 Å². The van der Waals surface area contributed by atoms with Crippen LogP contribution in [0.3, 0.4) is 0 Å². The lowest BCUT2D eigenvalue weighted by molar-refractivity contribution is 0.102. The molecule has 29 heavy (non-hydrogen) atoms. The number of rotatable bonds is 7. The molecule has 1 heterocycles. The molecule has 0 aliphatic carbocycles. The molecule has 1 N–H and O–H groups in total. The number of benzene rings is 2. The molecule has 7 heteroatoms. The Labute approximate surface area is 170 Å². The van der Waals surface area contributed by atoms with Crippen LogP contribution in [0.2, 0.25) is 0 Å². The molecule has 0 atom stereocenters. The van der Waals surface area contributed by atoms with Crippen LogP contribution in [-0.4, -0.2) is 23.1 Å². The second-order valence-electron chi connectivity index (χ2n) is 7.15. The lowest BCUT2D eigenvalue weighted by Gasteiger charge is -2.24.